The van der Waals surface area contributed by atoms with E-state index in [-0.39, 0.29) is 126 Å². The number of benzene rings is 13. The number of para-hydroxylation sites is 2. The van der Waals surface area contributed by atoms with Crippen molar-refractivity contribution in [1.29, 1.82) is 0 Å². The van der Waals surface area contributed by atoms with Crippen molar-refractivity contribution in [2.45, 2.75) is 113 Å². The Bertz CT molecular complexity index is 6790. The Morgan fingerprint density at radius 2 is 0.752 bits per heavy atom. The molecule has 0 radical (unpaired) electrons. The van der Waals surface area contributed by atoms with Gasteiger partial charge in [0.2, 0.25) is 0 Å². The van der Waals surface area contributed by atoms with E-state index in [0.717, 1.165) is 43.5 Å². The maximum atomic E-state index is 12.0. The minimum absolute atomic E-state index is 0.0241. The van der Waals surface area contributed by atoms with E-state index in [1.54, 1.807) is 0 Å². The van der Waals surface area contributed by atoms with Gasteiger partial charge < -0.3 is 4.57 Å². The van der Waals surface area contributed by atoms with Gasteiger partial charge in [-0.25, -0.2) is 0 Å². The van der Waals surface area contributed by atoms with E-state index in [4.69, 9.17) is 9.47 Å². The van der Waals surface area contributed by atoms with Gasteiger partial charge in [0.05, 0.1) is 22.0 Å². The van der Waals surface area contributed by atoms with Gasteiger partial charge in [0.25, 0.3) is 0 Å². The molecular formula is C96H89B2Ge2N3O2. The van der Waals surface area contributed by atoms with Crippen LogP contribution >= 0.6 is 0 Å². The predicted octanol–water partition coefficient (Wildman–Crippen LogP) is 21.2. The molecule has 5 nitrogen and oxygen atoms in total. The Labute approximate surface area is 651 Å². The summed E-state index contributed by atoms with van der Waals surface area (Å²) >= 11 is -7.01. The third-order valence-electron chi connectivity index (χ3n) is 21.2. The molecule has 0 fully saturated rings. The van der Waals surface area contributed by atoms with Gasteiger partial charge in [-0.3, -0.25) is 0 Å². The molecule has 1 aromatic heterocycles. The molecule has 18 rings (SSSR count). The van der Waals surface area contributed by atoms with Gasteiger partial charge in [0, 0.05) is 21.9 Å². The second kappa shape index (κ2) is 24.3. The second-order valence-electron chi connectivity index (χ2n) is 33.4. The van der Waals surface area contributed by atoms with E-state index in [0.29, 0.717) is 59.3 Å². The number of hydrogen-bond donors (Lipinski definition) is 0. The molecule has 0 saturated heterocycles. The summed E-state index contributed by atoms with van der Waals surface area (Å²) in [7, 11) is 0. The molecule has 4 aliphatic heterocycles. The van der Waals surface area contributed by atoms with Crippen molar-refractivity contribution < 1.29 is 34.1 Å². The number of fused-ring (bicyclic) bond motifs is 12. The SMILES string of the molecule is [2H]c1c([2H])[c]([Ge]([CH3])([CH3])[CH3])c([2H])c2c1Oc1c([2H])c3c(c4c1B2c1c([2H])[c]([Ge]([CH3])([CH3])[CH3])c([2H])c([2H])c1O4)B1c2c(cc(C(C)(C)C)cc2N3c2c(-c3ccccc3)cc(C(C)(C)C)cc2-c2ccccc2)N(c2c(-c3ccccc3)cc(C(C)(C)C)cc2-c2ccccc2)c2c([2H])c(-n3c4c([2H])c([2H])c([2H])c([2H])c4c4c([2H])c([2H])c([2H])c([2H])c43)c([2H])c([2H])c21. The molecule has 0 spiro atoms. The van der Waals surface area contributed by atoms with E-state index in [1.165, 1.54) is 0 Å². The van der Waals surface area contributed by atoms with Crippen LogP contribution < -0.4 is 60.8 Å². The zero-order valence-corrected chi connectivity index (χ0v) is 66.0. The van der Waals surface area contributed by atoms with Crippen LogP contribution in [0.15, 0.2) is 266 Å². The fourth-order valence-corrected chi connectivity index (χ4v) is 19.6. The Morgan fingerprint density at radius 1 is 0.352 bits per heavy atom. The van der Waals surface area contributed by atoms with Crippen LogP contribution in [-0.2, 0) is 16.2 Å². The summed E-state index contributed by atoms with van der Waals surface area (Å²) < 4.78 is 203. The second-order valence-corrected chi connectivity index (χ2v) is 54.4. The van der Waals surface area contributed by atoms with Crippen LogP contribution in [0.2, 0.25) is 34.5 Å². The summed E-state index contributed by atoms with van der Waals surface area (Å²) in [5.74, 6) is 11.6. The zero-order valence-electron chi connectivity index (χ0n) is 79.8. The number of rotatable bonds is 9. The number of aromatic nitrogens is 1. The van der Waals surface area contributed by atoms with E-state index >= 15 is 0 Å². The summed E-state index contributed by atoms with van der Waals surface area (Å²) in [6.07, 6.45) is 0. The number of anilines is 6. The van der Waals surface area contributed by atoms with E-state index in [1.807, 2.05) is 161 Å². The van der Waals surface area contributed by atoms with Crippen molar-refractivity contribution in [2.75, 3.05) is 9.80 Å². The molecule has 0 amide bonds. The standard InChI is InChI=1S/C96H89B2Ge2N3O2/c1-94(2,3)64-50-72(60-32-20-16-21-33-60)91(73(51-64)61-34-22-17-23-35-61)102-81-58-69(101-79-42-30-28-40-70(79)71-41-29-31-43-80(71)101)46-47-76(81)98-88-82(102)54-66(96(7,8)9)55-83(88)103(92-74(62-36-24-18-25-37-62)52-65(95(4,5)6)53-75(92)63-38-26-19-27-39-63)84-59-87-90-93(89(84)98)105-86-49-45-68(100(13,14)15)57-78(86)97(90)77-56-67(99(10,11)12)44-48-85(77)104-87/h16-59H,1-15H3/i28D,29D,30D,31D,40D,41D,42D,43D,44D,45D,46D,47D,48D,49D,56D,57D,58D,59D. The molecule has 514 valence electrons. The van der Waals surface area contributed by atoms with E-state index in [9.17, 15) is 24.7 Å². The van der Waals surface area contributed by atoms with Crippen molar-refractivity contribution in [3.8, 4) is 73.2 Å². The quantitative estimate of drug-likeness (QED) is 0.135. The van der Waals surface area contributed by atoms with Crippen molar-refractivity contribution in [3.63, 3.8) is 0 Å². The fourth-order valence-electron chi connectivity index (χ4n) is 15.6. The van der Waals surface area contributed by atoms with Crippen LogP contribution in [0.25, 0.3) is 72.0 Å². The Balaban J connectivity index is 1.15. The zero-order chi connectivity index (χ0) is 88.2. The Hall–Kier alpha value is -9.92. The summed E-state index contributed by atoms with van der Waals surface area (Å²) in [5.41, 5.74) is 8.06. The first-order valence-corrected chi connectivity index (χ1v) is 50.9. The van der Waals surface area contributed by atoms with Gasteiger partial charge in [-0.1, -0.05) is 220 Å². The average Bonchev–Trinajstić information content (AvgIpc) is 0.758. The molecule has 14 aromatic rings. The summed E-state index contributed by atoms with van der Waals surface area (Å²) in [6.45, 7) is 16.3. The molecule has 0 bridgehead atoms. The number of nitrogens with zero attached hydrogens (tertiary/aromatic N) is 3. The Morgan fingerprint density at radius 3 is 1.17 bits per heavy atom. The monoisotopic (exact) mass is 1500 g/mol. The molecule has 4 aliphatic rings. The molecule has 0 unspecified atom stereocenters. The van der Waals surface area contributed by atoms with Crippen LogP contribution in [0.1, 0.15) is 104 Å². The Kier molecular flexibility index (Phi) is 11.5. The third-order valence-corrected chi connectivity index (χ3v) is 28.5. The topological polar surface area (TPSA) is 29.9 Å². The molecule has 0 aliphatic carbocycles. The van der Waals surface area contributed by atoms with Gasteiger partial charge in [0.15, 0.2) is 0 Å². The number of hydrogen-bond acceptors (Lipinski definition) is 4. The maximum absolute atomic E-state index is 12.0. The molecule has 0 saturated carbocycles. The average molecular weight is 1500 g/mol. The molecule has 5 heterocycles. The molecule has 9 heteroatoms. The van der Waals surface area contributed by atoms with Gasteiger partial charge >= 0.3 is 324 Å². The van der Waals surface area contributed by atoms with Crippen molar-refractivity contribution >= 4 is 137 Å². The van der Waals surface area contributed by atoms with Crippen LogP contribution in [0, 0.1) is 0 Å². The minimum atomic E-state index is -3.51. The molecule has 105 heavy (non-hydrogen) atoms. The molecule has 0 atom stereocenters. The van der Waals surface area contributed by atoms with Crippen molar-refractivity contribution in [1.82, 2.24) is 4.57 Å². The molecular weight excluding hydrogens is 1390 g/mol. The van der Waals surface area contributed by atoms with Gasteiger partial charge in [0.1, 0.15) is 0 Å². The molecule has 13 aromatic carbocycles. The fraction of sp³-hybridized carbons (Fsp3) is 0.188. The third kappa shape index (κ3) is 11.0. The summed E-state index contributed by atoms with van der Waals surface area (Å²) in [6, 6.07) is 43.5. The summed E-state index contributed by atoms with van der Waals surface area (Å²) in [4.78, 5) is 4.07. The van der Waals surface area contributed by atoms with Crippen molar-refractivity contribution in [2.24, 2.45) is 0 Å². The number of ether oxygens (including phenoxy) is 2. The van der Waals surface area contributed by atoms with Gasteiger partial charge in [-0.05, 0) is 62.7 Å². The van der Waals surface area contributed by atoms with Crippen LogP contribution in [0.3, 0.4) is 0 Å². The van der Waals surface area contributed by atoms with Crippen LogP contribution in [-0.4, -0.2) is 44.5 Å². The van der Waals surface area contributed by atoms with Gasteiger partial charge in [-0.2, -0.15) is 0 Å². The summed E-state index contributed by atoms with van der Waals surface area (Å²) in [5, 5.41) is -0.619. The van der Waals surface area contributed by atoms with Crippen molar-refractivity contribution in [3.05, 3.63) is 283 Å². The van der Waals surface area contributed by atoms with E-state index in [2.05, 4.69) is 104 Å². The normalized spacial score (nSPS) is 16.1. The first-order valence-electron chi connectivity index (χ1n) is 45.2. The van der Waals surface area contributed by atoms with Crippen LogP contribution in [0.4, 0.5) is 34.1 Å². The first kappa shape index (κ1) is 49.7. The first-order chi connectivity index (χ1) is 57.8. The van der Waals surface area contributed by atoms with Gasteiger partial charge in [-0.15, -0.1) is 0 Å². The predicted molar refractivity (Wildman–Crippen MR) is 456 cm³/mol. The molecule has 0 N–H and O–H groups in total. The van der Waals surface area contributed by atoms with Crippen LogP contribution in [0.5, 0.6) is 23.0 Å². The van der Waals surface area contributed by atoms with E-state index < -0.39 is 128 Å².